The van der Waals surface area contributed by atoms with Crippen molar-refractivity contribution in [1.82, 2.24) is 25.7 Å². The Morgan fingerprint density at radius 3 is 2.59 bits per heavy atom. The first-order valence-electron chi connectivity index (χ1n) is 10.8. The Morgan fingerprint density at radius 2 is 1.94 bits per heavy atom. The van der Waals surface area contributed by atoms with Gasteiger partial charge in [0.05, 0.1) is 12.2 Å². The second-order valence-electron chi connectivity index (χ2n) is 8.03. The second kappa shape index (κ2) is 11.9. The molecule has 10 nitrogen and oxygen atoms in total. The van der Waals surface area contributed by atoms with Gasteiger partial charge in [-0.2, -0.15) is 0 Å². The molecule has 1 saturated carbocycles. The molecule has 0 bridgehead atoms. The van der Waals surface area contributed by atoms with Crippen molar-refractivity contribution >= 4 is 18.3 Å². The molecule has 0 aromatic carbocycles. The fourth-order valence-electron chi connectivity index (χ4n) is 3.96. The Labute approximate surface area is 186 Å². The largest absolute Gasteiger partial charge is 0.483 e. The van der Waals surface area contributed by atoms with Crippen molar-refractivity contribution < 1.29 is 24.0 Å². The van der Waals surface area contributed by atoms with Crippen molar-refractivity contribution in [1.29, 1.82) is 0 Å². The van der Waals surface area contributed by atoms with Crippen LogP contribution in [0.25, 0.3) is 0 Å². The van der Waals surface area contributed by atoms with Gasteiger partial charge >= 0.3 is 0 Å². The summed E-state index contributed by atoms with van der Waals surface area (Å²) in [7, 11) is 0. The number of rotatable bonds is 9. The van der Waals surface area contributed by atoms with Crippen LogP contribution in [0.15, 0.2) is 41.2 Å². The summed E-state index contributed by atoms with van der Waals surface area (Å²) < 4.78 is 4.74. The lowest BCUT2D eigenvalue weighted by molar-refractivity contribution is -0.123. The number of nitrogens with one attached hydrogen (secondary N) is 2. The summed E-state index contributed by atoms with van der Waals surface area (Å²) in [6.45, 7) is 1.76. The highest BCUT2D eigenvalue weighted by atomic mass is 16.5. The third-order valence-corrected chi connectivity index (χ3v) is 5.72. The van der Waals surface area contributed by atoms with Crippen LogP contribution in [-0.4, -0.2) is 63.6 Å². The van der Waals surface area contributed by atoms with Crippen molar-refractivity contribution in [2.45, 2.75) is 50.7 Å². The summed E-state index contributed by atoms with van der Waals surface area (Å²) in [5.41, 5.74) is 1.15. The molecule has 0 spiro atoms. The highest BCUT2D eigenvalue weighted by Crippen LogP contribution is 2.35. The van der Waals surface area contributed by atoms with Crippen LogP contribution >= 0.6 is 0 Å². The molecule has 0 radical (unpaired) electrons. The average Bonchev–Trinajstić information content (AvgIpc) is 3.30. The number of carboxylic acid groups (broad SMARTS) is 1. The van der Waals surface area contributed by atoms with E-state index < -0.39 is 0 Å². The normalized spacial score (nSPS) is 20.1. The van der Waals surface area contributed by atoms with E-state index >= 15 is 0 Å². The van der Waals surface area contributed by atoms with Gasteiger partial charge in [-0.25, -0.2) is 0 Å². The van der Waals surface area contributed by atoms with Crippen LogP contribution in [0, 0.1) is 5.92 Å². The number of carbonyl (C=O) groups excluding carboxylic acids is 2. The van der Waals surface area contributed by atoms with Gasteiger partial charge in [-0.15, -0.1) is 0 Å². The molecule has 1 aliphatic heterocycles. The quantitative estimate of drug-likeness (QED) is 0.495. The molecule has 1 aliphatic carbocycles. The smallest absolute Gasteiger partial charge is 0.290 e. The van der Waals surface area contributed by atoms with Crippen molar-refractivity contribution in [3.8, 4) is 0 Å². The molecule has 3 N–H and O–H groups in total. The lowest BCUT2D eigenvalue weighted by Gasteiger charge is -2.30. The fourth-order valence-corrected chi connectivity index (χ4v) is 3.96. The third-order valence-electron chi connectivity index (χ3n) is 5.72. The maximum atomic E-state index is 12.5. The first kappa shape index (κ1) is 23.4. The third kappa shape index (κ3) is 7.16. The first-order valence-corrected chi connectivity index (χ1v) is 10.8. The molecule has 172 valence electrons. The molecule has 2 aliphatic rings. The zero-order valence-electron chi connectivity index (χ0n) is 17.9. The molecule has 2 aromatic heterocycles. The highest BCUT2D eigenvalue weighted by molar-refractivity contribution is 5.91. The molecule has 1 saturated heterocycles. The van der Waals surface area contributed by atoms with Crippen molar-refractivity contribution in [2.75, 3.05) is 13.1 Å². The van der Waals surface area contributed by atoms with E-state index in [9.17, 15) is 9.59 Å². The van der Waals surface area contributed by atoms with Gasteiger partial charge in [-0.05, 0) is 43.7 Å². The van der Waals surface area contributed by atoms with Crippen LogP contribution in [0.3, 0.4) is 0 Å². The summed E-state index contributed by atoms with van der Waals surface area (Å²) in [6, 6.07) is 7.71. The minimum absolute atomic E-state index is 0.0498. The molecule has 0 unspecified atom stereocenters. The zero-order chi connectivity index (χ0) is 22.8. The van der Waals surface area contributed by atoms with E-state index in [4.69, 9.17) is 14.4 Å². The SMILES string of the molecule is O=C(C[C@H]1CC[C@@H](CNC(=O)c2ccon2)N1CC1CC1)NCc1ccccn1.O=CO. The van der Waals surface area contributed by atoms with Gasteiger partial charge < -0.3 is 20.3 Å². The van der Waals surface area contributed by atoms with E-state index in [2.05, 4.69) is 25.7 Å². The Kier molecular flexibility index (Phi) is 8.73. The zero-order valence-corrected chi connectivity index (χ0v) is 17.9. The molecule has 32 heavy (non-hydrogen) atoms. The standard InChI is InChI=1S/C21H27N5O3.CH2O2/c27-20(23-12-16-3-1-2-9-22-16)11-17-6-7-18(26(17)14-15-4-5-15)13-24-21(28)19-8-10-29-25-19;2-1-3/h1-3,8-10,15,17-18H,4-7,11-14H2,(H,23,27)(H,24,28);1H,(H,2,3)/t17-,18+;/m1./s1. The van der Waals surface area contributed by atoms with Crippen LogP contribution in [0.2, 0.25) is 0 Å². The number of carbonyl (C=O) groups is 3. The van der Waals surface area contributed by atoms with Gasteiger partial charge in [-0.3, -0.25) is 24.3 Å². The van der Waals surface area contributed by atoms with E-state index in [1.807, 2.05) is 18.2 Å². The Morgan fingerprint density at radius 1 is 1.16 bits per heavy atom. The molecular weight excluding hydrogens is 414 g/mol. The van der Waals surface area contributed by atoms with E-state index in [0.29, 0.717) is 25.2 Å². The number of hydrogen-bond donors (Lipinski definition) is 3. The van der Waals surface area contributed by atoms with Gasteiger partial charge in [0.2, 0.25) is 5.91 Å². The molecule has 2 atom stereocenters. The topological polar surface area (TPSA) is 138 Å². The maximum absolute atomic E-state index is 12.5. The molecule has 2 aromatic rings. The predicted molar refractivity (Wildman–Crippen MR) is 114 cm³/mol. The molecular formula is C22H29N5O5. The molecule has 3 heterocycles. The lowest BCUT2D eigenvalue weighted by atomic mass is 10.1. The Balaban J connectivity index is 0.000000913. The Bertz CT molecular complexity index is 857. The lowest BCUT2D eigenvalue weighted by Crippen LogP contribution is -2.45. The molecule has 2 amide bonds. The maximum Gasteiger partial charge on any atom is 0.290 e. The van der Waals surface area contributed by atoms with Crippen LogP contribution in [0.5, 0.6) is 0 Å². The minimum atomic E-state index is -0.250. The number of likely N-dealkylation sites (tertiary alicyclic amines) is 1. The number of pyridine rings is 1. The monoisotopic (exact) mass is 443 g/mol. The van der Waals surface area contributed by atoms with E-state index in [1.165, 1.54) is 19.1 Å². The van der Waals surface area contributed by atoms with Gasteiger partial charge in [0.25, 0.3) is 12.4 Å². The van der Waals surface area contributed by atoms with Crippen molar-refractivity contribution in [3.05, 3.63) is 48.1 Å². The second-order valence-corrected chi connectivity index (χ2v) is 8.03. The van der Waals surface area contributed by atoms with Gasteiger partial charge in [0.1, 0.15) is 6.26 Å². The van der Waals surface area contributed by atoms with E-state index in [-0.39, 0.29) is 30.4 Å². The Hall–Kier alpha value is -3.27. The molecule has 10 heteroatoms. The van der Waals surface area contributed by atoms with Gasteiger partial charge in [0, 0.05) is 43.9 Å². The fraction of sp³-hybridized carbons (Fsp3) is 0.500. The first-order chi connectivity index (χ1) is 15.6. The minimum Gasteiger partial charge on any atom is -0.483 e. The van der Waals surface area contributed by atoms with Crippen LogP contribution < -0.4 is 10.6 Å². The van der Waals surface area contributed by atoms with Crippen LogP contribution in [0.4, 0.5) is 0 Å². The summed E-state index contributed by atoms with van der Waals surface area (Å²) in [4.78, 5) is 39.7. The summed E-state index contributed by atoms with van der Waals surface area (Å²) in [5, 5.41) is 16.5. The summed E-state index contributed by atoms with van der Waals surface area (Å²) >= 11 is 0. The molecule has 2 fully saturated rings. The highest BCUT2D eigenvalue weighted by Gasteiger charge is 2.38. The van der Waals surface area contributed by atoms with E-state index in [0.717, 1.165) is 31.0 Å². The van der Waals surface area contributed by atoms with Crippen LogP contribution in [-0.2, 0) is 16.1 Å². The summed E-state index contributed by atoms with van der Waals surface area (Å²) in [5.74, 6) is 0.552. The van der Waals surface area contributed by atoms with E-state index in [1.54, 1.807) is 12.3 Å². The number of hydrogen-bond acceptors (Lipinski definition) is 7. The summed E-state index contributed by atoms with van der Waals surface area (Å²) in [6.07, 6.45) is 8.06. The number of aromatic nitrogens is 2. The van der Waals surface area contributed by atoms with Crippen molar-refractivity contribution in [3.63, 3.8) is 0 Å². The van der Waals surface area contributed by atoms with Crippen LogP contribution in [0.1, 0.15) is 48.3 Å². The number of amides is 2. The van der Waals surface area contributed by atoms with Crippen molar-refractivity contribution in [2.24, 2.45) is 5.92 Å². The van der Waals surface area contributed by atoms with Gasteiger partial charge in [-0.1, -0.05) is 11.2 Å². The number of nitrogens with zero attached hydrogens (tertiary/aromatic N) is 3. The molecule has 4 rings (SSSR count). The predicted octanol–water partition coefficient (Wildman–Crippen LogP) is 1.45. The average molecular weight is 444 g/mol. The van der Waals surface area contributed by atoms with Gasteiger partial charge in [0.15, 0.2) is 5.69 Å².